The van der Waals surface area contributed by atoms with E-state index in [-0.39, 0.29) is 22.2 Å². The molecule has 0 N–H and O–H groups in total. The summed E-state index contributed by atoms with van der Waals surface area (Å²) in [6, 6.07) is 9.11. The molecule has 30 heavy (non-hydrogen) atoms. The average Bonchev–Trinajstić information content (AvgIpc) is 3.11. The summed E-state index contributed by atoms with van der Waals surface area (Å²) in [6.07, 6.45) is -4.55. The Hall–Kier alpha value is -1.42. The van der Waals surface area contributed by atoms with Crippen LogP contribution in [-0.4, -0.2) is 37.2 Å². The van der Waals surface area contributed by atoms with Gasteiger partial charge in [0.05, 0.1) is 39.9 Å². The monoisotopic (exact) mass is 494 g/mol. The molecule has 2 aliphatic heterocycles. The molecule has 2 aliphatic rings. The molecular formula is C19H15Cl2F3N2O2S2. The predicted octanol–water partition coefficient (Wildman–Crippen LogP) is 5.29. The number of hydrogen-bond acceptors (Lipinski definition) is 5. The Morgan fingerprint density at radius 1 is 1.10 bits per heavy atom. The maximum atomic E-state index is 13.3. The van der Waals surface area contributed by atoms with E-state index in [9.17, 15) is 21.6 Å². The van der Waals surface area contributed by atoms with Crippen LogP contribution in [0.5, 0.6) is 0 Å². The highest BCUT2D eigenvalue weighted by Gasteiger charge is 2.48. The van der Waals surface area contributed by atoms with Crippen molar-refractivity contribution in [3.63, 3.8) is 0 Å². The number of benzene rings is 2. The van der Waals surface area contributed by atoms with E-state index in [0.717, 1.165) is 17.7 Å². The highest BCUT2D eigenvalue weighted by molar-refractivity contribution is 8.13. The summed E-state index contributed by atoms with van der Waals surface area (Å²) in [5, 5.41) is 1.09. The number of halogens is 5. The minimum atomic E-state index is -4.55. The fourth-order valence-electron chi connectivity index (χ4n) is 3.55. The Balaban J connectivity index is 1.71. The first-order valence-electron chi connectivity index (χ1n) is 8.85. The van der Waals surface area contributed by atoms with Crippen LogP contribution in [0.15, 0.2) is 47.5 Å². The fraction of sp³-hybridized carbons (Fsp3) is 0.316. The molecule has 0 saturated carbocycles. The van der Waals surface area contributed by atoms with Crippen LogP contribution < -0.4 is 4.90 Å². The van der Waals surface area contributed by atoms with Gasteiger partial charge in [0.15, 0.2) is 15.0 Å². The van der Waals surface area contributed by atoms with Gasteiger partial charge in [0, 0.05) is 10.8 Å². The zero-order chi connectivity index (χ0) is 21.7. The number of fused-ring (bicyclic) bond motifs is 1. The lowest BCUT2D eigenvalue weighted by Crippen LogP contribution is -2.39. The highest BCUT2D eigenvalue weighted by Crippen LogP contribution is 2.42. The molecule has 11 heteroatoms. The van der Waals surface area contributed by atoms with E-state index in [4.69, 9.17) is 23.2 Å². The Kier molecular flexibility index (Phi) is 5.76. The number of aliphatic imine (C=N–C) groups is 1. The summed E-state index contributed by atoms with van der Waals surface area (Å²) in [6.45, 7) is 0. The first-order valence-corrected chi connectivity index (χ1v) is 12.4. The SMILES string of the molecule is O=S1(=O)C[C@H]2N=C(SCc3ccccc3Cl)N(c3cc(C(F)(F)F)ccc3Cl)[C@H]2C1. The molecule has 1 fully saturated rings. The molecule has 2 atom stereocenters. The van der Waals surface area contributed by atoms with E-state index in [1.807, 2.05) is 12.1 Å². The second kappa shape index (κ2) is 7.93. The standard InChI is InChI=1S/C19H15Cl2F3N2O2S2/c20-13-4-2-1-3-11(13)8-29-18-25-15-9-30(27,28)10-17(15)26(18)16-7-12(19(22,23)24)5-6-14(16)21/h1-7,15,17H,8-10H2/t15-,17+/m1/s1. The Morgan fingerprint density at radius 2 is 1.83 bits per heavy atom. The van der Waals surface area contributed by atoms with Crippen molar-refractivity contribution in [2.24, 2.45) is 4.99 Å². The molecule has 2 aromatic carbocycles. The number of anilines is 1. The van der Waals surface area contributed by atoms with E-state index in [1.165, 1.54) is 22.7 Å². The molecule has 0 aromatic heterocycles. The van der Waals surface area contributed by atoms with Gasteiger partial charge in [0.1, 0.15) is 0 Å². The van der Waals surface area contributed by atoms with E-state index in [0.29, 0.717) is 15.9 Å². The summed E-state index contributed by atoms with van der Waals surface area (Å²) >= 11 is 13.7. The molecule has 0 amide bonds. The molecule has 0 spiro atoms. The maximum absolute atomic E-state index is 13.3. The van der Waals surface area contributed by atoms with E-state index in [1.54, 1.807) is 12.1 Å². The number of alkyl halides is 3. The van der Waals surface area contributed by atoms with Crippen molar-refractivity contribution in [3.05, 3.63) is 63.6 Å². The lowest BCUT2D eigenvalue weighted by atomic mass is 10.1. The summed E-state index contributed by atoms with van der Waals surface area (Å²) in [5.74, 6) is 0.0998. The molecular weight excluding hydrogens is 480 g/mol. The normalized spacial score (nSPS) is 22.8. The second-order valence-corrected chi connectivity index (χ2v) is 10.9. The topological polar surface area (TPSA) is 49.7 Å². The largest absolute Gasteiger partial charge is 0.416 e. The molecule has 1 saturated heterocycles. The first kappa shape index (κ1) is 21.8. The average molecular weight is 495 g/mol. The lowest BCUT2D eigenvalue weighted by molar-refractivity contribution is -0.137. The van der Waals surface area contributed by atoms with Crippen LogP contribution in [0.4, 0.5) is 18.9 Å². The van der Waals surface area contributed by atoms with Crippen LogP contribution in [0, 0.1) is 0 Å². The number of sulfone groups is 1. The molecule has 4 nitrogen and oxygen atoms in total. The van der Waals surface area contributed by atoms with Crippen LogP contribution in [0.1, 0.15) is 11.1 Å². The number of rotatable bonds is 3. The third kappa shape index (κ3) is 4.30. The molecule has 0 unspecified atom stereocenters. The minimum Gasteiger partial charge on any atom is -0.313 e. The van der Waals surface area contributed by atoms with Gasteiger partial charge in [0.25, 0.3) is 0 Å². The number of nitrogens with zero attached hydrogens (tertiary/aromatic N) is 2. The van der Waals surface area contributed by atoms with Gasteiger partial charge in [-0.25, -0.2) is 8.42 Å². The van der Waals surface area contributed by atoms with E-state index >= 15 is 0 Å². The number of amidine groups is 1. The third-order valence-corrected chi connectivity index (χ3v) is 8.36. The van der Waals surface area contributed by atoms with Crippen molar-refractivity contribution in [3.8, 4) is 0 Å². The van der Waals surface area contributed by atoms with Gasteiger partial charge < -0.3 is 4.90 Å². The Labute approximate surface area is 186 Å². The van der Waals surface area contributed by atoms with Crippen molar-refractivity contribution in [1.82, 2.24) is 0 Å². The maximum Gasteiger partial charge on any atom is 0.416 e. The van der Waals surface area contributed by atoms with Crippen LogP contribution in [0.2, 0.25) is 10.0 Å². The van der Waals surface area contributed by atoms with Gasteiger partial charge in [-0.2, -0.15) is 13.2 Å². The zero-order valence-corrected chi connectivity index (χ0v) is 18.4. The summed E-state index contributed by atoms with van der Waals surface area (Å²) in [4.78, 5) is 6.06. The van der Waals surface area contributed by atoms with E-state index < -0.39 is 33.7 Å². The third-order valence-electron chi connectivity index (χ3n) is 4.96. The van der Waals surface area contributed by atoms with Gasteiger partial charge in [-0.1, -0.05) is 53.2 Å². The van der Waals surface area contributed by atoms with Crippen molar-refractivity contribution in [2.75, 3.05) is 16.4 Å². The molecule has 2 heterocycles. The molecule has 160 valence electrons. The van der Waals surface area contributed by atoms with Crippen LogP contribution in [-0.2, 0) is 21.8 Å². The summed E-state index contributed by atoms with van der Waals surface area (Å²) < 4.78 is 64.1. The van der Waals surface area contributed by atoms with E-state index in [2.05, 4.69) is 4.99 Å². The smallest absolute Gasteiger partial charge is 0.313 e. The Morgan fingerprint density at radius 3 is 2.53 bits per heavy atom. The fourth-order valence-corrected chi connectivity index (χ4v) is 7.00. The summed E-state index contributed by atoms with van der Waals surface area (Å²) in [7, 11) is -3.34. The van der Waals surface area contributed by atoms with Gasteiger partial charge in [-0.3, -0.25) is 4.99 Å². The minimum absolute atomic E-state index is 0.0963. The van der Waals surface area contributed by atoms with Crippen molar-refractivity contribution in [1.29, 1.82) is 0 Å². The number of thioether (sulfide) groups is 1. The number of hydrogen-bond donors (Lipinski definition) is 0. The van der Waals surface area contributed by atoms with Gasteiger partial charge >= 0.3 is 6.18 Å². The quantitative estimate of drug-likeness (QED) is 0.581. The van der Waals surface area contributed by atoms with Crippen molar-refractivity contribution in [2.45, 2.75) is 24.0 Å². The van der Waals surface area contributed by atoms with Crippen molar-refractivity contribution >= 4 is 55.7 Å². The van der Waals surface area contributed by atoms with Gasteiger partial charge in [-0.05, 0) is 29.8 Å². The van der Waals surface area contributed by atoms with Gasteiger partial charge in [0.2, 0.25) is 0 Å². The highest BCUT2D eigenvalue weighted by atomic mass is 35.5. The molecule has 2 aromatic rings. The lowest BCUT2D eigenvalue weighted by Gasteiger charge is -2.28. The second-order valence-electron chi connectivity index (χ2n) is 7.04. The van der Waals surface area contributed by atoms with Crippen LogP contribution in [0.25, 0.3) is 0 Å². The molecule has 4 rings (SSSR count). The van der Waals surface area contributed by atoms with Crippen LogP contribution >= 0.6 is 35.0 Å². The first-order chi connectivity index (χ1) is 14.0. The van der Waals surface area contributed by atoms with Gasteiger partial charge in [-0.15, -0.1) is 0 Å². The molecule has 0 aliphatic carbocycles. The zero-order valence-electron chi connectivity index (χ0n) is 15.2. The predicted molar refractivity (Wildman–Crippen MR) is 115 cm³/mol. The van der Waals surface area contributed by atoms with Crippen LogP contribution in [0.3, 0.4) is 0 Å². The molecule has 0 radical (unpaired) electrons. The summed E-state index contributed by atoms with van der Waals surface area (Å²) in [5.41, 5.74) is 0.0785. The molecule has 0 bridgehead atoms. The van der Waals surface area contributed by atoms with Crippen molar-refractivity contribution < 1.29 is 21.6 Å². The Bertz CT molecular complexity index is 1120.